The summed E-state index contributed by atoms with van der Waals surface area (Å²) < 4.78 is 16.7. The predicted molar refractivity (Wildman–Crippen MR) is 159 cm³/mol. The number of pyridine rings is 1. The number of carboxylic acids is 2. The van der Waals surface area contributed by atoms with E-state index in [4.69, 9.17) is 26.1 Å². The molecule has 220 valence electrons. The first-order valence-electron chi connectivity index (χ1n) is 12.9. The molecule has 0 radical (unpaired) electrons. The SMILES string of the molecule is COCC(=O)Nc1cc(N2C(=S)NC(c3ccccn3)C2c2ccc(-c3cc(C(=O)O)cc(C(=O)O)c3)o2)ccc1OC. The number of furan rings is 1. The average molecular weight is 603 g/mol. The Morgan fingerprint density at radius 2 is 1.77 bits per heavy atom. The largest absolute Gasteiger partial charge is 0.495 e. The second-order valence-corrected chi connectivity index (χ2v) is 9.86. The summed E-state index contributed by atoms with van der Waals surface area (Å²) in [5.41, 5.74) is 1.59. The third kappa shape index (κ3) is 6.03. The van der Waals surface area contributed by atoms with Gasteiger partial charge < -0.3 is 39.6 Å². The van der Waals surface area contributed by atoms with Crippen LogP contribution in [0.3, 0.4) is 0 Å². The minimum absolute atomic E-state index is 0.150. The zero-order chi connectivity index (χ0) is 30.7. The lowest BCUT2D eigenvalue weighted by Crippen LogP contribution is -2.29. The van der Waals surface area contributed by atoms with E-state index >= 15 is 0 Å². The van der Waals surface area contributed by atoms with Crippen LogP contribution in [0.15, 0.2) is 77.3 Å². The normalized spacial score (nSPS) is 16.0. The second kappa shape index (κ2) is 12.3. The van der Waals surface area contributed by atoms with Crippen LogP contribution in [-0.4, -0.2) is 59.0 Å². The maximum atomic E-state index is 12.3. The van der Waals surface area contributed by atoms with Crippen LogP contribution in [0.4, 0.5) is 11.4 Å². The second-order valence-electron chi connectivity index (χ2n) is 9.47. The van der Waals surface area contributed by atoms with Crippen LogP contribution in [0.1, 0.15) is 44.3 Å². The van der Waals surface area contributed by atoms with E-state index in [1.54, 1.807) is 42.6 Å². The van der Waals surface area contributed by atoms with Gasteiger partial charge in [-0.25, -0.2) is 9.59 Å². The summed E-state index contributed by atoms with van der Waals surface area (Å²) in [5.74, 6) is -1.77. The molecule has 3 heterocycles. The third-order valence-electron chi connectivity index (χ3n) is 6.74. The van der Waals surface area contributed by atoms with Gasteiger partial charge in [-0.3, -0.25) is 9.78 Å². The zero-order valence-electron chi connectivity index (χ0n) is 22.9. The molecule has 12 nitrogen and oxygen atoms in total. The maximum Gasteiger partial charge on any atom is 0.335 e. The number of benzene rings is 2. The molecule has 13 heteroatoms. The summed E-state index contributed by atoms with van der Waals surface area (Å²) in [6.45, 7) is -0.150. The van der Waals surface area contributed by atoms with E-state index < -0.39 is 24.0 Å². The number of methoxy groups -OCH3 is 2. The molecular weight excluding hydrogens is 576 g/mol. The van der Waals surface area contributed by atoms with Crippen LogP contribution in [0.5, 0.6) is 5.75 Å². The van der Waals surface area contributed by atoms with Crippen molar-refractivity contribution < 1.29 is 38.5 Å². The summed E-state index contributed by atoms with van der Waals surface area (Å²) in [5, 5.41) is 25.5. The van der Waals surface area contributed by atoms with E-state index in [9.17, 15) is 24.6 Å². The first-order chi connectivity index (χ1) is 20.7. The summed E-state index contributed by atoms with van der Waals surface area (Å²) in [6.07, 6.45) is 1.66. The Morgan fingerprint density at radius 1 is 1.02 bits per heavy atom. The van der Waals surface area contributed by atoms with Gasteiger partial charge in [-0.1, -0.05) is 6.07 Å². The van der Waals surface area contributed by atoms with Gasteiger partial charge in [0, 0.05) is 24.6 Å². The minimum Gasteiger partial charge on any atom is -0.495 e. The Morgan fingerprint density at radius 3 is 2.40 bits per heavy atom. The van der Waals surface area contributed by atoms with Gasteiger partial charge in [0.1, 0.15) is 29.9 Å². The number of hydrogen-bond acceptors (Lipinski definition) is 8. The highest BCUT2D eigenvalue weighted by Gasteiger charge is 2.43. The number of ether oxygens (including phenoxy) is 2. The fraction of sp³-hybridized carbons (Fsp3) is 0.167. The summed E-state index contributed by atoms with van der Waals surface area (Å²) in [7, 11) is 2.91. The molecule has 43 heavy (non-hydrogen) atoms. The number of rotatable bonds is 10. The lowest BCUT2D eigenvalue weighted by molar-refractivity contribution is -0.119. The van der Waals surface area contributed by atoms with E-state index in [-0.39, 0.29) is 35.0 Å². The van der Waals surface area contributed by atoms with Crippen molar-refractivity contribution in [2.24, 2.45) is 0 Å². The van der Waals surface area contributed by atoms with Crippen LogP contribution in [-0.2, 0) is 9.53 Å². The smallest absolute Gasteiger partial charge is 0.335 e. The summed E-state index contributed by atoms with van der Waals surface area (Å²) >= 11 is 5.78. The molecule has 4 N–H and O–H groups in total. The molecule has 0 bridgehead atoms. The fourth-order valence-electron chi connectivity index (χ4n) is 4.87. The molecule has 2 unspecified atom stereocenters. The molecular formula is C30H26N4O8S. The highest BCUT2D eigenvalue weighted by Crippen LogP contribution is 2.44. The molecule has 1 fully saturated rings. The monoisotopic (exact) mass is 602 g/mol. The van der Waals surface area contributed by atoms with Gasteiger partial charge >= 0.3 is 11.9 Å². The van der Waals surface area contributed by atoms with E-state index in [0.717, 1.165) is 6.07 Å². The van der Waals surface area contributed by atoms with Crippen LogP contribution in [0, 0.1) is 0 Å². The van der Waals surface area contributed by atoms with Crippen LogP contribution in [0.2, 0.25) is 0 Å². The topological polar surface area (TPSA) is 163 Å². The van der Waals surface area contributed by atoms with Gasteiger partial charge in [0.25, 0.3) is 0 Å². The molecule has 4 aromatic rings. The number of anilines is 2. The minimum atomic E-state index is -1.27. The molecule has 0 spiro atoms. The van der Waals surface area contributed by atoms with Gasteiger partial charge in [0.05, 0.1) is 35.7 Å². The molecule has 1 amide bonds. The maximum absolute atomic E-state index is 12.3. The van der Waals surface area contributed by atoms with Crippen molar-refractivity contribution in [1.82, 2.24) is 10.3 Å². The Balaban J connectivity index is 1.60. The molecule has 2 aromatic heterocycles. The number of thiocarbonyl (C=S) groups is 1. The predicted octanol–water partition coefficient (Wildman–Crippen LogP) is 4.51. The molecule has 1 aliphatic heterocycles. The number of nitrogens with zero attached hydrogens (tertiary/aromatic N) is 2. The number of carbonyl (C=O) groups is 3. The van der Waals surface area contributed by atoms with Crippen LogP contribution in [0.25, 0.3) is 11.3 Å². The van der Waals surface area contributed by atoms with Crippen LogP contribution < -0.4 is 20.3 Å². The van der Waals surface area contributed by atoms with E-state index in [0.29, 0.717) is 33.7 Å². The first kappa shape index (κ1) is 29.2. The van der Waals surface area contributed by atoms with Crippen molar-refractivity contribution >= 4 is 46.6 Å². The van der Waals surface area contributed by atoms with Crippen molar-refractivity contribution in [2.75, 3.05) is 31.0 Å². The summed E-state index contributed by atoms with van der Waals surface area (Å²) in [4.78, 5) is 42.0. The lowest BCUT2D eigenvalue weighted by atomic mass is 10.0. The van der Waals surface area contributed by atoms with E-state index in [1.165, 1.54) is 26.4 Å². The van der Waals surface area contributed by atoms with Crippen molar-refractivity contribution in [3.63, 3.8) is 0 Å². The van der Waals surface area contributed by atoms with E-state index in [2.05, 4.69) is 15.6 Å². The van der Waals surface area contributed by atoms with Crippen LogP contribution >= 0.6 is 12.2 Å². The number of aromatic carboxylic acids is 2. The Hall–Kier alpha value is -5.27. The highest BCUT2D eigenvalue weighted by molar-refractivity contribution is 7.80. The Bertz CT molecular complexity index is 1680. The highest BCUT2D eigenvalue weighted by atomic mass is 32.1. The molecule has 2 aromatic carbocycles. The standard InChI is InChI=1S/C30H26N4O8S/c1-40-15-25(35)32-21-14-19(6-7-23(21)41-2)34-27(26(33-30(34)43)20-5-3-4-10-31-20)24-9-8-22(42-24)16-11-17(28(36)37)13-18(12-16)29(38)39/h3-14,26-27H,15H2,1-2H3,(H,32,35)(H,33,43)(H,36,37)(H,38,39). The zero-order valence-corrected chi connectivity index (χ0v) is 23.8. The average Bonchev–Trinajstić information content (AvgIpc) is 3.62. The lowest BCUT2D eigenvalue weighted by Gasteiger charge is -2.27. The van der Waals surface area contributed by atoms with Crippen molar-refractivity contribution in [2.45, 2.75) is 12.1 Å². The van der Waals surface area contributed by atoms with Gasteiger partial charge in [0.15, 0.2) is 5.11 Å². The molecule has 0 aliphatic carbocycles. The molecule has 5 rings (SSSR count). The molecule has 1 saturated heterocycles. The quantitative estimate of drug-likeness (QED) is 0.188. The number of carbonyl (C=O) groups excluding carboxylic acids is 1. The molecule has 1 aliphatic rings. The van der Waals surface area contributed by atoms with Gasteiger partial charge in [0.2, 0.25) is 5.91 Å². The van der Waals surface area contributed by atoms with Gasteiger partial charge in [-0.2, -0.15) is 0 Å². The number of nitrogens with one attached hydrogen (secondary N) is 2. The summed E-state index contributed by atoms with van der Waals surface area (Å²) in [6, 6.07) is 16.8. The molecule has 0 saturated carbocycles. The van der Waals surface area contributed by atoms with Crippen molar-refractivity contribution in [1.29, 1.82) is 0 Å². The van der Waals surface area contributed by atoms with Gasteiger partial charge in [-0.05, 0) is 72.9 Å². The van der Waals surface area contributed by atoms with E-state index in [1.807, 2.05) is 17.0 Å². The number of hydrogen-bond donors (Lipinski definition) is 4. The molecule has 2 atom stereocenters. The number of amides is 1. The number of aromatic nitrogens is 1. The van der Waals surface area contributed by atoms with Crippen molar-refractivity contribution in [3.05, 3.63) is 95.5 Å². The third-order valence-corrected chi connectivity index (χ3v) is 7.05. The van der Waals surface area contributed by atoms with Crippen molar-refractivity contribution in [3.8, 4) is 17.1 Å². The Kier molecular flexibility index (Phi) is 8.36. The first-order valence-corrected chi connectivity index (χ1v) is 13.3. The fourth-order valence-corrected chi connectivity index (χ4v) is 5.21. The van der Waals surface area contributed by atoms with Gasteiger partial charge in [-0.15, -0.1) is 0 Å². The Labute approximate surface area is 250 Å². The number of carboxylic acid groups (broad SMARTS) is 2.